The summed E-state index contributed by atoms with van der Waals surface area (Å²) in [6, 6.07) is 1.80. The largest absolute Gasteiger partial charge is 0.461 e. The average molecular weight is 193 g/mol. The Kier molecular flexibility index (Phi) is 6.13. The molecule has 0 aliphatic heterocycles. The highest BCUT2D eigenvalue weighted by Crippen LogP contribution is 2.00. The van der Waals surface area contributed by atoms with Crippen LogP contribution in [0.2, 0.25) is 0 Å². The van der Waals surface area contributed by atoms with E-state index in [-0.39, 0.29) is 11.5 Å². The molecule has 3 heteroatoms. The molecule has 0 aliphatic rings. The summed E-state index contributed by atoms with van der Waals surface area (Å²) in [4.78, 5) is 11.2. The van der Waals surface area contributed by atoms with Gasteiger partial charge >= 0.3 is 5.97 Å². The molecule has 0 saturated heterocycles. The van der Waals surface area contributed by atoms with Crippen LogP contribution in [0.1, 0.15) is 20.8 Å². The van der Waals surface area contributed by atoms with Crippen molar-refractivity contribution >= 4 is 5.97 Å². The molecule has 0 saturated carbocycles. The number of carbonyl (C=O) groups is 1. The van der Waals surface area contributed by atoms with Gasteiger partial charge in [-0.15, -0.1) is 0 Å². The van der Waals surface area contributed by atoms with Crippen molar-refractivity contribution in [2.45, 2.75) is 20.8 Å². The number of esters is 1. The van der Waals surface area contributed by atoms with Crippen LogP contribution in [0, 0.1) is 17.2 Å². The van der Waals surface area contributed by atoms with Gasteiger partial charge in [-0.2, -0.15) is 5.26 Å². The van der Waals surface area contributed by atoms with E-state index >= 15 is 0 Å². The second kappa shape index (κ2) is 6.90. The lowest BCUT2D eigenvalue weighted by Crippen LogP contribution is -2.11. The van der Waals surface area contributed by atoms with Gasteiger partial charge in [0.2, 0.25) is 0 Å². The molecule has 0 rings (SSSR count). The first-order valence-electron chi connectivity index (χ1n) is 4.52. The molecular formula is C11H15NO2. The number of nitrogens with zero attached hydrogens (tertiary/aromatic N) is 1. The first-order valence-corrected chi connectivity index (χ1v) is 4.52. The van der Waals surface area contributed by atoms with E-state index in [4.69, 9.17) is 10.00 Å². The quantitative estimate of drug-likeness (QED) is 0.297. The molecule has 0 aromatic rings. The lowest BCUT2D eigenvalue weighted by atomic mass is 10.2. The summed E-state index contributed by atoms with van der Waals surface area (Å²) >= 11 is 0. The van der Waals surface area contributed by atoms with E-state index in [0.29, 0.717) is 6.61 Å². The van der Waals surface area contributed by atoms with E-state index in [1.807, 2.05) is 20.8 Å². The number of rotatable bonds is 4. The molecule has 0 atom stereocenters. The van der Waals surface area contributed by atoms with E-state index in [1.165, 1.54) is 6.08 Å². The summed E-state index contributed by atoms with van der Waals surface area (Å²) in [5.74, 6) is -0.278. The fourth-order valence-corrected chi connectivity index (χ4v) is 0.664. The Morgan fingerprint density at radius 1 is 1.57 bits per heavy atom. The van der Waals surface area contributed by atoms with Crippen LogP contribution in [0.3, 0.4) is 0 Å². The molecule has 3 nitrogen and oxygen atoms in total. The fourth-order valence-electron chi connectivity index (χ4n) is 0.664. The highest BCUT2D eigenvalue weighted by atomic mass is 16.5. The molecular weight excluding hydrogens is 178 g/mol. The van der Waals surface area contributed by atoms with E-state index in [9.17, 15) is 4.79 Å². The third-order valence-corrected chi connectivity index (χ3v) is 1.34. The van der Waals surface area contributed by atoms with E-state index in [0.717, 1.165) is 0 Å². The van der Waals surface area contributed by atoms with E-state index in [2.05, 4.69) is 0 Å². The standard InChI is InChI=1S/C11H15NO2/c1-4-5-6-10(7-12)11(13)14-8-9(2)3/h4-6,9H,8H2,1-3H3. The highest BCUT2D eigenvalue weighted by molar-refractivity contribution is 5.93. The monoisotopic (exact) mass is 193 g/mol. The second-order valence-corrected chi connectivity index (χ2v) is 3.21. The predicted octanol–water partition coefficient (Wildman–Crippen LogP) is 2.21. The first-order chi connectivity index (χ1) is 6.61. The molecule has 0 unspecified atom stereocenters. The minimum atomic E-state index is -0.556. The number of hydrogen-bond donors (Lipinski definition) is 0. The lowest BCUT2D eigenvalue weighted by Gasteiger charge is -2.05. The van der Waals surface area contributed by atoms with Crippen LogP contribution in [0.4, 0.5) is 0 Å². The number of nitriles is 1. The van der Waals surface area contributed by atoms with Gasteiger partial charge in [0.1, 0.15) is 11.6 Å². The summed E-state index contributed by atoms with van der Waals surface area (Å²) < 4.78 is 4.89. The molecule has 0 radical (unpaired) electrons. The Hall–Kier alpha value is -1.56. The van der Waals surface area contributed by atoms with Crippen LogP contribution in [-0.4, -0.2) is 12.6 Å². The zero-order chi connectivity index (χ0) is 11.0. The maximum atomic E-state index is 11.2. The number of ether oxygens (including phenoxy) is 1. The Morgan fingerprint density at radius 2 is 2.21 bits per heavy atom. The summed E-state index contributed by atoms with van der Waals surface area (Å²) in [5, 5.41) is 8.64. The van der Waals surface area contributed by atoms with Crippen molar-refractivity contribution in [1.29, 1.82) is 5.26 Å². The van der Waals surface area contributed by atoms with E-state index < -0.39 is 5.97 Å². The molecule has 76 valence electrons. The smallest absolute Gasteiger partial charge is 0.348 e. The van der Waals surface area contributed by atoms with Gasteiger partial charge in [0.05, 0.1) is 6.61 Å². The molecule has 0 N–H and O–H groups in total. The van der Waals surface area contributed by atoms with Crippen molar-refractivity contribution < 1.29 is 9.53 Å². The van der Waals surface area contributed by atoms with Gasteiger partial charge in [0.25, 0.3) is 0 Å². The maximum absolute atomic E-state index is 11.2. The molecule has 0 heterocycles. The average Bonchev–Trinajstić information content (AvgIpc) is 2.16. The predicted molar refractivity (Wildman–Crippen MR) is 54.3 cm³/mol. The normalized spacial score (nSPS) is 11.8. The van der Waals surface area contributed by atoms with Crippen LogP contribution in [0.15, 0.2) is 23.8 Å². The highest BCUT2D eigenvalue weighted by Gasteiger charge is 2.09. The number of hydrogen-bond acceptors (Lipinski definition) is 3. The van der Waals surface area contributed by atoms with Crippen molar-refractivity contribution in [1.82, 2.24) is 0 Å². The van der Waals surface area contributed by atoms with Crippen molar-refractivity contribution in [2.24, 2.45) is 5.92 Å². The summed E-state index contributed by atoms with van der Waals surface area (Å²) in [7, 11) is 0. The van der Waals surface area contributed by atoms with Crippen LogP contribution in [0.25, 0.3) is 0 Å². The van der Waals surface area contributed by atoms with Gasteiger partial charge in [-0.3, -0.25) is 0 Å². The summed E-state index contributed by atoms with van der Waals surface area (Å²) in [6.45, 7) is 6.03. The van der Waals surface area contributed by atoms with Crippen LogP contribution >= 0.6 is 0 Å². The molecule has 0 aliphatic carbocycles. The molecule has 0 amide bonds. The molecule has 0 aromatic carbocycles. The lowest BCUT2D eigenvalue weighted by molar-refractivity contribution is -0.139. The zero-order valence-corrected chi connectivity index (χ0v) is 8.78. The van der Waals surface area contributed by atoms with Crippen molar-refractivity contribution in [3.05, 3.63) is 23.8 Å². The third kappa shape index (κ3) is 5.15. The molecule has 14 heavy (non-hydrogen) atoms. The van der Waals surface area contributed by atoms with Crippen molar-refractivity contribution in [3.8, 4) is 6.07 Å². The van der Waals surface area contributed by atoms with Gasteiger partial charge in [-0.1, -0.05) is 26.0 Å². The summed E-state index contributed by atoms with van der Waals surface area (Å²) in [6.07, 6.45) is 4.82. The minimum absolute atomic E-state index is 0.0313. The Balaban J connectivity index is 4.28. The Labute approximate surface area is 84.7 Å². The first kappa shape index (κ1) is 12.4. The second-order valence-electron chi connectivity index (χ2n) is 3.21. The van der Waals surface area contributed by atoms with Gasteiger partial charge in [-0.05, 0) is 18.9 Å². The number of carbonyl (C=O) groups excluding carboxylic acids is 1. The molecule has 0 fully saturated rings. The van der Waals surface area contributed by atoms with Crippen LogP contribution in [0.5, 0.6) is 0 Å². The van der Waals surface area contributed by atoms with Gasteiger partial charge in [0.15, 0.2) is 0 Å². The van der Waals surface area contributed by atoms with Gasteiger partial charge in [-0.25, -0.2) is 4.79 Å². The molecule has 0 bridgehead atoms. The van der Waals surface area contributed by atoms with Gasteiger partial charge in [0, 0.05) is 0 Å². The molecule has 0 spiro atoms. The van der Waals surface area contributed by atoms with Gasteiger partial charge < -0.3 is 4.74 Å². The van der Waals surface area contributed by atoms with E-state index in [1.54, 1.807) is 18.2 Å². The fraction of sp³-hybridized carbons (Fsp3) is 0.455. The Bertz CT molecular complexity index is 282. The van der Waals surface area contributed by atoms with Crippen molar-refractivity contribution in [2.75, 3.05) is 6.61 Å². The zero-order valence-electron chi connectivity index (χ0n) is 8.78. The maximum Gasteiger partial charge on any atom is 0.348 e. The SMILES string of the molecule is CC=CC=C(C#N)C(=O)OCC(C)C. The van der Waals surface area contributed by atoms with Crippen LogP contribution in [-0.2, 0) is 9.53 Å². The third-order valence-electron chi connectivity index (χ3n) is 1.34. The summed E-state index contributed by atoms with van der Waals surface area (Å²) in [5.41, 5.74) is 0.0313. The minimum Gasteiger partial charge on any atom is -0.461 e. The Morgan fingerprint density at radius 3 is 2.64 bits per heavy atom. The number of allylic oxidation sites excluding steroid dienone is 3. The van der Waals surface area contributed by atoms with Crippen LogP contribution < -0.4 is 0 Å². The molecule has 0 aromatic heterocycles. The van der Waals surface area contributed by atoms with Crippen molar-refractivity contribution in [3.63, 3.8) is 0 Å². The topological polar surface area (TPSA) is 50.1 Å².